The number of nitrogen functional groups attached to an aromatic ring is 1. The smallest absolute Gasteiger partial charge is 0.251 e. The van der Waals surface area contributed by atoms with Crippen LogP contribution in [0.3, 0.4) is 0 Å². The van der Waals surface area contributed by atoms with Gasteiger partial charge in [0.15, 0.2) is 0 Å². The number of nitrogens with zero attached hydrogens (tertiary/aromatic N) is 2. The SMILES string of the molecule is CN(C)c1ccc(C(=O)NCCCc2ncc[nH]2)cc1N. The van der Waals surface area contributed by atoms with E-state index in [-0.39, 0.29) is 5.91 Å². The molecule has 0 saturated carbocycles. The zero-order valence-electron chi connectivity index (χ0n) is 12.4. The van der Waals surface area contributed by atoms with Crippen molar-refractivity contribution < 1.29 is 4.79 Å². The first kappa shape index (κ1) is 14.9. The van der Waals surface area contributed by atoms with E-state index in [0.717, 1.165) is 24.4 Å². The Balaban J connectivity index is 1.84. The van der Waals surface area contributed by atoms with Gasteiger partial charge in [-0.3, -0.25) is 4.79 Å². The zero-order chi connectivity index (χ0) is 15.2. The number of amides is 1. The van der Waals surface area contributed by atoms with Crippen LogP contribution in [-0.4, -0.2) is 36.5 Å². The van der Waals surface area contributed by atoms with E-state index in [2.05, 4.69) is 15.3 Å². The van der Waals surface area contributed by atoms with Crippen LogP contribution in [0.2, 0.25) is 0 Å². The molecule has 0 bridgehead atoms. The van der Waals surface area contributed by atoms with Gasteiger partial charge in [-0.1, -0.05) is 0 Å². The largest absolute Gasteiger partial charge is 0.397 e. The molecule has 112 valence electrons. The van der Waals surface area contributed by atoms with E-state index in [1.54, 1.807) is 24.5 Å². The van der Waals surface area contributed by atoms with Crippen molar-refractivity contribution in [3.8, 4) is 0 Å². The first-order valence-corrected chi connectivity index (χ1v) is 6.91. The Labute approximate surface area is 124 Å². The lowest BCUT2D eigenvalue weighted by Crippen LogP contribution is -2.25. The first-order chi connectivity index (χ1) is 10.1. The Bertz CT molecular complexity index is 592. The van der Waals surface area contributed by atoms with Gasteiger partial charge >= 0.3 is 0 Å². The van der Waals surface area contributed by atoms with Crippen molar-refractivity contribution >= 4 is 17.3 Å². The highest BCUT2D eigenvalue weighted by atomic mass is 16.1. The molecule has 1 heterocycles. The maximum Gasteiger partial charge on any atom is 0.251 e. The molecule has 0 aliphatic rings. The molecule has 6 heteroatoms. The second-order valence-electron chi connectivity index (χ2n) is 5.06. The molecule has 0 spiro atoms. The number of carbonyl (C=O) groups is 1. The fraction of sp³-hybridized carbons (Fsp3) is 0.333. The Hall–Kier alpha value is -2.50. The highest BCUT2D eigenvalue weighted by Gasteiger charge is 2.08. The Kier molecular flexibility index (Phi) is 4.81. The number of aromatic amines is 1. The second-order valence-corrected chi connectivity index (χ2v) is 5.06. The topological polar surface area (TPSA) is 87.0 Å². The van der Waals surface area contributed by atoms with Crippen molar-refractivity contribution in [2.75, 3.05) is 31.3 Å². The lowest BCUT2D eigenvalue weighted by Gasteiger charge is -2.15. The summed E-state index contributed by atoms with van der Waals surface area (Å²) in [6.45, 7) is 0.606. The van der Waals surface area contributed by atoms with Gasteiger partial charge in [0.1, 0.15) is 5.82 Å². The molecule has 6 nitrogen and oxygen atoms in total. The number of carbonyl (C=O) groups excluding carboxylic acids is 1. The molecule has 0 fully saturated rings. The molecule has 1 aromatic carbocycles. The van der Waals surface area contributed by atoms with Crippen LogP contribution in [0.1, 0.15) is 22.6 Å². The summed E-state index contributed by atoms with van der Waals surface area (Å²) >= 11 is 0. The third kappa shape index (κ3) is 3.98. The Morgan fingerprint density at radius 3 is 2.86 bits per heavy atom. The molecule has 4 N–H and O–H groups in total. The summed E-state index contributed by atoms with van der Waals surface area (Å²) in [5.41, 5.74) is 8.03. The van der Waals surface area contributed by atoms with Crippen LogP contribution in [0.5, 0.6) is 0 Å². The van der Waals surface area contributed by atoms with Gasteiger partial charge in [-0.05, 0) is 24.6 Å². The van der Waals surface area contributed by atoms with Gasteiger partial charge in [-0.2, -0.15) is 0 Å². The van der Waals surface area contributed by atoms with E-state index in [4.69, 9.17) is 5.73 Å². The number of aryl methyl sites for hydroxylation is 1. The van der Waals surface area contributed by atoms with Crippen molar-refractivity contribution in [3.63, 3.8) is 0 Å². The molecule has 1 aromatic heterocycles. The summed E-state index contributed by atoms with van der Waals surface area (Å²) in [5.74, 6) is 0.829. The van der Waals surface area contributed by atoms with Crippen LogP contribution < -0.4 is 16.0 Å². The molecule has 0 saturated heterocycles. The van der Waals surface area contributed by atoms with Gasteiger partial charge in [0.25, 0.3) is 5.91 Å². The van der Waals surface area contributed by atoms with Crippen molar-refractivity contribution in [2.24, 2.45) is 0 Å². The van der Waals surface area contributed by atoms with Crippen LogP contribution in [0.25, 0.3) is 0 Å². The normalized spacial score (nSPS) is 10.4. The number of anilines is 2. The second kappa shape index (κ2) is 6.78. The third-order valence-electron chi connectivity index (χ3n) is 3.20. The van der Waals surface area contributed by atoms with Crippen LogP contribution in [0.15, 0.2) is 30.6 Å². The number of hydrogen-bond donors (Lipinski definition) is 3. The number of H-pyrrole nitrogens is 1. The van der Waals surface area contributed by atoms with E-state index in [1.165, 1.54) is 0 Å². The standard InChI is InChI=1S/C15H21N5O/c1-20(2)13-6-5-11(10-12(13)16)15(21)19-7-3-4-14-17-8-9-18-14/h5-6,8-10H,3-4,7,16H2,1-2H3,(H,17,18)(H,19,21). The fourth-order valence-corrected chi connectivity index (χ4v) is 2.10. The molecule has 2 aromatic rings. The maximum atomic E-state index is 12.0. The summed E-state index contributed by atoms with van der Waals surface area (Å²) < 4.78 is 0. The number of nitrogens with one attached hydrogen (secondary N) is 2. The third-order valence-corrected chi connectivity index (χ3v) is 3.20. The summed E-state index contributed by atoms with van der Waals surface area (Å²) in [4.78, 5) is 21.1. The van der Waals surface area contributed by atoms with Crippen molar-refractivity contribution in [2.45, 2.75) is 12.8 Å². The molecule has 0 radical (unpaired) electrons. The van der Waals surface area contributed by atoms with Crippen molar-refractivity contribution in [1.29, 1.82) is 0 Å². The summed E-state index contributed by atoms with van der Waals surface area (Å²) in [7, 11) is 3.83. The fourth-order valence-electron chi connectivity index (χ4n) is 2.10. The quantitative estimate of drug-likeness (QED) is 0.554. The Morgan fingerprint density at radius 2 is 2.24 bits per heavy atom. The van der Waals surface area contributed by atoms with Gasteiger partial charge < -0.3 is 20.9 Å². The minimum absolute atomic E-state index is 0.105. The predicted molar refractivity (Wildman–Crippen MR) is 84.4 cm³/mol. The number of nitrogens with two attached hydrogens (primary N) is 1. The molecular formula is C15H21N5O. The Morgan fingerprint density at radius 1 is 1.43 bits per heavy atom. The maximum absolute atomic E-state index is 12.0. The minimum atomic E-state index is -0.105. The number of imidazole rings is 1. The average Bonchev–Trinajstić information content (AvgIpc) is 2.96. The number of hydrogen-bond acceptors (Lipinski definition) is 4. The lowest BCUT2D eigenvalue weighted by molar-refractivity contribution is 0.0953. The molecular weight excluding hydrogens is 266 g/mol. The van der Waals surface area contributed by atoms with Gasteiger partial charge in [-0.15, -0.1) is 0 Å². The molecule has 0 aliphatic heterocycles. The molecule has 2 rings (SSSR count). The van der Waals surface area contributed by atoms with Gasteiger partial charge in [0, 0.05) is 45.0 Å². The highest BCUT2D eigenvalue weighted by Crippen LogP contribution is 2.22. The van der Waals surface area contributed by atoms with Gasteiger partial charge in [0.05, 0.1) is 11.4 Å². The zero-order valence-corrected chi connectivity index (χ0v) is 12.4. The van der Waals surface area contributed by atoms with E-state index < -0.39 is 0 Å². The molecule has 21 heavy (non-hydrogen) atoms. The first-order valence-electron chi connectivity index (χ1n) is 6.91. The summed E-state index contributed by atoms with van der Waals surface area (Å²) in [6, 6.07) is 5.35. The summed E-state index contributed by atoms with van der Waals surface area (Å²) in [5, 5.41) is 2.89. The highest BCUT2D eigenvalue weighted by molar-refractivity contribution is 5.96. The van der Waals surface area contributed by atoms with E-state index >= 15 is 0 Å². The van der Waals surface area contributed by atoms with Crippen molar-refractivity contribution in [3.05, 3.63) is 42.0 Å². The lowest BCUT2D eigenvalue weighted by atomic mass is 10.1. The van der Waals surface area contributed by atoms with Crippen LogP contribution in [0, 0.1) is 0 Å². The van der Waals surface area contributed by atoms with Crippen molar-refractivity contribution in [1.82, 2.24) is 15.3 Å². The van der Waals surface area contributed by atoms with Crippen LogP contribution in [-0.2, 0) is 6.42 Å². The average molecular weight is 287 g/mol. The van der Waals surface area contributed by atoms with E-state index in [0.29, 0.717) is 17.8 Å². The monoisotopic (exact) mass is 287 g/mol. The van der Waals surface area contributed by atoms with E-state index in [9.17, 15) is 4.79 Å². The number of benzene rings is 1. The van der Waals surface area contributed by atoms with E-state index in [1.807, 2.05) is 25.1 Å². The minimum Gasteiger partial charge on any atom is -0.397 e. The van der Waals surface area contributed by atoms with Gasteiger partial charge in [0.2, 0.25) is 0 Å². The molecule has 0 aliphatic carbocycles. The number of rotatable bonds is 6. The van der Waals surface area contributed by atoms with Gasteiger partial charge in [-0.25, -0.2) is 4.98 Å². The molecule has 0 atom stereocenters. The predicted octanol–water partition coefficient (Wildman–Crippen LogP) is 1.42. The molecule has 0 unspecified atom stereocenters. The summed E-state index contributed by atoms with van der Waals surface area (Å²) in [6.07, 6.45) is 5.17. The number of aromatic nitrogens is 2. The van der Waals surface area contributed by atoms with Crippen LogP contribution in [0.4, 0.5) is 11.4 Å². The van der Waals surface area contributed by atoms with Crippen LogP contribution >= 0.6 is 0 Å². The molecule has 1 amide bonds.